The molecule has 106 valence electrons. The van der Waals surface area contributed by atoms with E-state index in [9.17, 15) is 0 Å². The molecule has 3 rings (SSSR count). The van der Waals surface area contributed by atoms with Crippen LogP contribution in [0.5, 0.6) is 0 Å². The van der Waals surface area contributed by atoms with E-state index in [-0.39, 0.29) is 11.5 Å². The Morgan fingerprint density at radius 2 is 1.95 bits per heavy atom. The van der Waals surface area contributed by atoms with E-state index in [1.54, 1.807) is 0 Å². The second-order valence-electron chi connectivity index (χ2n) is 5.95. The number of rotatable bonds is 4. The van der Waals surface area contributed by atoms with Crippen molar-refractivity contribution in [3.05, 3.63) is 48.3 Å². The normalized spacial score (nSPS) is 19.1. The fraction of sp³-hybridized carbons (Fsp3) is 0.471. The molecule has 3 nitrogen and oxygen atoms in total. The molecule has 1 atom stereocenters. The molecule has 1 heterocycles. The minimum absolute atomic E-state index is 0.104. The van der Waals surface area contributed by atoms with Crippen LogP contribution in [0.4, 0.5) is 0 Å². The van der Waals surface area contributed by atoms with Crippen LogP contribution in [0.15, 0.2) is 42.7 Å². The Morgan fingerprint density at radius 3 is 2.60 bits per heavy atom. The van der Waals surface area contributed by atoms with Crippen molar-refractivity contribution < 1.29 is 0 Å². The Hall–Kier alpha value is -1.61. The van der Waals surface area contributed by atoms with E-state index in [1.807, 2.05) is 29.1 Å². The molecule has 2 N–H and O–H groups in total. The highest BCUT2D eigenvalue weighted by atomic mass is 15.3. The molecule has 1 fully saturated rings. The molecular formula is C17H23N3. The summed E-state index contributed by atoms with van der Waals surface area (Å²) in [4.78, 5) is 0. The van der Waals surface area contributed by atoms with E-state index < -0.39 is 0 Å². The van der Waals surface area contributed by atoms with Gasteiger partial charge in [-0.3, -0.25) is 0 Å². The maximum atomic E-state index is 6.58. The second kappa shape index (κ2) is 5.41. The van der Waals surface area contributed by atoms with Gasteiger partial charge in [0.2, 0.25) is 0 Å². The van der Waals surface area contributed by atoms with Gasteiger partial charge in [0.15, 0.2) is 0 Å². The number of hydrogen-bond acceptors (Lipinski definition) is 2. The highest BCUT2D eigenvalue weighted by Gasteiger charge is 2.39. The summed E-state index contributed by atoms with van der Waals surface area (Å²) in [5.41, 5.74) is 9.12. The van der Waals surface area contributed by atoms with Gasteiger partial charge < -0.3 is 5.73 Å². The Labute approximate surface area is 120 Å². The van der Waals surface area contributed by atoms with Crippen molar-refractivity contribution in [2.45, 2.75) is 45.1 Å². The van der Waals surface area contributed by atoms with Crippen molar-refractivity contribution in [3.8, 4) is 5.69 Å². The third-order valence-electron chi connectivity index (χ3n) is 4.95. The molecular weight excluding hydrogens is 246 g/mol. The van der Waals surface area contributed by atoms with Crippen LogP contribution in [0.3, 0.4) is 0 Å². The van der Waals surface area contributed by atoms with Crippen molar-refractivity contribution >= 4 is 0 Å². The predicted molar refractivity (Wildman–Crippen MR) is 81.7 cm³/mol. The maximum absolute atomic E-state index is 6.58. The molecule has 1 aliphatic rings. The zero-order chi connectivity index (χ0) is 14.0. The van der Waals surface area contributed by atoms with Gasteiger partial charge >= 0.3 is 0 Å². The van der Waals surface area contributed by atoms with Crippen molar-refractivity contribution in [1.29, 1.82) is 0 Å². The van der Waals surface area contributed by atoms with Gasteiger partial charge in [-0.15, -0.1) is 0 Å². The van der Waals surface area contributed by atoms with Gasteiger partial charge in [0.25, 0.3) is 0 Å². The van der Waals surface area contributed by atoms with Gasteiger partial charge in [-0.25, -0.2) is 4.68 Å². The maximum Gasteiger partial charge on any atom is 0.0645 e. The van der Waals surface area contributed by atoms with Crippen molar-refractivity contribution in [2.24, 2.45) is 11.1 Å². The molecule has 2 aromatic rings. The number of aromatic nitrogens is 2. The van der Waals surface area contributed by atoms with E-state index in [4.69, 9.17) is 5.73 Å². The minimum Gasteiger partial charge on any atom is -0.323 e. The lowest BCUT2D eigenvalue weighted by Gasteiger charge is -2.33. The molecule has 3 heteroatoms. The van der Waals surface area contributed by atoms with Crippen LogP contribution >= 0.6 is 0 Å². The van der Waals surface area contributed by atoms with E-state index in [0.29, 0.717) is 0 Å². The van der Waals surface area contributed by atoms with E-state index in [2.05, 4.69) is 30.4 Å². The monoisotopic (exact) mass is 269 g/mol. The van der Waals surface area contributed by atoms with E-state index in [1.165, 1.54) is 25.7 Å². The largest absolute Gasteiger partial charge is 0.323 e. The smallest absolute Gasteiger partial charge is 0.0645 e. The van der Waals surface area contributed by atoms with Crippen molar-refractivity contribution in [3.63, 3.8) is 0 Å². The fourth-order valence-corrected chi connectivity index (χ4v) is 3.54. The summed E-state index contributed by atoms with van der Waals surface area (Å²) in [6, 6.07) is 10.3. The van der Waals surface area contributed by atoms with Crippen LogP contribution < -0.4 is 5.73 Å². The second-order valence-corrected chi connectivity index (χ2v) is 5.95. The third kappa shape index (κ3) is 2.27. The molecule has 0 amide bonds. The number of hydrogen-bond donors (Lipinski definition) is 1. The lowest BCUT2D eigenvalue weighted by atomic mass is 9.74. The van der Waals surface area contributed by atoms with Crippen LogP contribution in [0, 0.1) is 5.41 Å². The number of nitrogens with zero attached hydrogens (tertiary/aromatic N) is 2. The van der Waals surface area contributed by atoms with Crippen molar-refractivity contribution in [1.82, 2.24) is 9.78 Å². The average molecular weight is 269 g/mol. The summed E-state index contributed by atoms with van der Waals surface area (Å²) in [5.74, 6) is 0. The first kappa shape index (κ1) is 13.4. The van der Waals surface area contributed by atoms with Crippen LogP contribution in [-0.2, 0) is 0 Å². The number of nitrogens with two attached hydrogens (primary N) is 1. The molecule has 0 spiro atoms. The van der Waals surface area contributed by atoms with E-state index >= 15 is 0 Å². The lowest BCUT2D eigenvalue weighted by Crippen LogP contribution is -2.31. The molecule has 0 radical (unpaired) electrons. The Morgan fingerprint density at radius 1 is 1.25 bits per heavy atom. The summed E-state index contributed by atoms with van der Waals surface area (Å²) in [5, 5.41) is 4.48. The molecule has 1 unspecified atom stereocenters. The summed E-state index contributed by atoms with van der Waals surface area (Å²) in [6.07, 6.45) is 10.3. The average Bonchev–Trinajstić information content (AvgIpc) is 3.17. The predicted octanol–water partition coefficient (Wildman–Crippen LogP) is 3.84. The summed E-state index contributed by atoms with van der Waals surface area (Å²) >= 11 is 0. The SMILES string of the molecule is CCC1(C(N)c2cnn(-c3ccccc3)c2)CCCC1. The summed E-state index contributed by atoms with van der Waals surface area (Å²) in [6.45, 7) is 2.27. The lowest BCUT2D eigenvalue weighted by molar-refractivity contribution is 0.222. The van der Waals surface area contributed by atoms with Crippen LogP contribution in [0.25, 0.3) is 5.69 Å². The third-order valence-corrected chi connectivity index (χ3v) is 4.95. The van der Waals surface area contributed by atoms with Gasteiger partial charge in [-0.05, 0) is 36.8 Å². The summed E-state index contributed by atoms with van der Waals surface area (Å²) < 4.78 is 1.92. The minimum atomic E-state index is 0.104. The molecule has 1 aliphatic carbocycles. The Kier molecular flexibility index (Phi) is 3.62. The van der Waals surface area contributed by atoms with Crippen LogP contribution in [0.2, 0.25) is 0 Å². The molecule has 1 saturated carbocycles. The summed E-state index contributed by atoms with van der Waals surface area (Å²) in [7, 11) is 0. The van der Waals surface area contributed by atoms with Gasteiger partial charge in [-0.1, -0.05) is 38.0 Å². The van der Waals surface area contributed by atoms with Gasteiger partial charge in [-0.2, -0.15) is 5.10 Å². The zero-order valence-electron chi connectivity index (χ0n) is 12.1. The Balaban J connectivity index is 1.86. The molecule has 1 aromatic carbocycles. The van der Waals surface area contributed by atoms with Gasteiger partial charge in [0.05, 0.1) is 11.9 Å². The van der Waals surface area contributed by atoms with Crippen molar-refractivity contribution in [2.75, 3.05) is 0 Å². The number of benzene rings is 1. The topological polar surface area (TPSA) is 43.8 Å². The Bertz CT molecular complexity index is 553. The highest BCUT2D eigenvalue weighted by molar-refractivity contribution is 5.31. The molecule has 0 bridgehead atoms. The first-order valence-electron chi connectivity index (χ1n) is 7.61. The molecule has 0 aliphatic heterocycles. The molecule has 20 heavy (non-hydrogen) atoms. The first-order valence-corrected chi connectivity index (χ1v) is 7.61. The van der Waals surface area contributed by atoms with Crippen LogP contribution in [0.1, 0.15) is 50.6 Å². The van der Waals surface area contributed by atoms with Gasteiger partial charge in [0.1, 0.15) is 0 Å². The highest BCUT2D eigenvalue weighted by Crippen LogP contribution is 2.48. The number of para-hydroxylation sites is 1. The van der Waals surface area contributed by atoms with E-state index in [0.717, 1.165) is 17.7 Å². The quantitative estimate of drug-likeness (QED) is 0.916. The first-order chi connectivity index (χ1) is 9.75. The fourth-order valence-electron chi connectivity index (χ4n) is 3.54. The van der Waals surface area contributed by atoms with Crippen LogP contribution in [-0.4, -0.2) is 9.78 Å². The molecule has 0 saturated heterocycles. The van der Waals surface area contributed by atoms with Gasteiger partial charge in [0, 0.05) is 17.8 Å². The zero-order valence-corrected chi connectivity index (χ0v) is 12.1. The standard InChI is InChI=1S/C17H23N3/c1-2-17(10-6-7-11-17)16(18)14-12-19-20(13-14)15-8-4-3-5-9-15/h3-5,8-9,12-13,16H,2,6-7,10-11,18H2,1H3. The molecule has 1 aromatic heterocycles.